The molecule has 0 radical (unpaired) electrons. The van der Waals surface area contributed by atoms with Crippen molar-refractivity contribution in [3.8, 4) is 0 Å². The fourth-order valence-electron chi connectivity index (χ4n) is 7.69. The number of carbonyl (C=O) groups excluding carboxylic acids is 1. The van der Waals surface area contributed by atoms with Gasteiger partial charge in [-0.2, -0.15) is 5.06 Å². The van der Waals surface area contributed by atoms with Gasteiger partial charge in [0.1, 0.15) is 6.10 Å². The number of fused-ring (bicyclic) bond motifs is 3. The van der Waals surface area contributed by atoms with Crippen LogP contribution in [0, 0.1) is 29.1 Å². The third kappa shape index (κ3) is 2.04. The number of hydrogen-bond donors (Lipinski definition) is 0. The summed E-state index contributed by atoms with van der Waals surface area (Å²) in [6.07, 6.45) is 13.6. The Bertz CT molecular complexity index is 618. The molecule has 138 valence electrons. The van der Waals surface area contributed by atoms with Crippen LogP contribution in [0.2, 0.25) is 0 Å². The predicted molar refractivity (Wildman–Crippen MR) is 94.4 cm³/mol. The van der Waals surface area contributed by atoms with Crippen LogP contribution in [0.4, 0.5) is 0 Å². The van der Waals surface area contributed by atoms with E-state index in [-0.39, 0.29) is 23.0 Å². The molecule has 4 heteroatoms. The number of hydrogen-bond acceptors (Lipinski definition) is 4. The molecule has 5 rings (SSSR count). The zero-order chi connectivity index (χ0) is 17.4. The molecule has 0 aromatic carbocycles. The molecular weight excluding hydrogens is 314 g/mol. The highest BCUT2D eigenvalue weighted by atomic mass is 16.7. The zero-order valence-electron chi connectivity index (χ0n) is 15.7. The van der Waals surface area contributed by atoms with Gasteiger partial charge in [0.15, 0.2) is 0 Å². The maximum atomic E-state index is 11.6. The Kier molecular flexibility index (Phi) is 3.47. The number of carbonyl (C=O) groups is 1. The second-order valence-electron chi connectivity index (χ2n) is 9.49. The average Bonchev–Trinajstić information content (AvgIpc) is 2.98. The number of nitrogens with zero attached hydrogens (tertiary/aromatic N) is 1. The van der Waals surface area contributed by atoms with Gasteiger partial charge in [0, 0.05) is 25.3 Å². The third-order valence-corrected chi connectivity index (χ3v) is 8.69. The van der Waals surface area contributed by atoms with Crippen molar-refractivity contribution in [1.29, 1.82) is 0 Å². The molecule has 0 N–H and O–H groups in total. The van der Waals surface area contributed by atoms with E-state index in [1.165, 1.54) is 32.1 Å². The lowest BCUT2D eigenvalue weighted by atomic mass is 9.49. The second-order valence-corrected chi connectivity index (χ2v) is 9.49. The van der Waals surface area contributed by atoms with Crippen molar-refractivity contribution in [3.63, 3.8) is 0 Å². The summed E-state index contributed by atoms with van der Waals surface area (Å²) in [5, 5.41) is 2.19. The largest absolute Gasteiger partial charge is 0.462 e. The van der Waals surface area contributed by atoms with Crippen LogP contribution in [-0.2, 0) is 14.4 Å². The predicted octanol–water partition coefficient (Wildman–Crippen LogP) is 3.71. The van der Waals surface area contributed by atoms with Crippen LogP contribution in [-0.4, -0.2) is 35.8 Å². The molecule has 0 spiro atoms. The standard InChI is InChI=1S/C21H31NO3/c1-13(23)24-18-7-6-16-14-9-12-21-10-4-5-17(25-22(21)3)19(21)15(14)8-11-20(16,18)2/h4,10,14-19H,5-9,11-12H2,1-3H3/t14-,15+,16+,17-,18+,19+,20+,21-/m1/s1. The van der Waals surface area contributed by atoms with Gasteiger partial charge in [-0.25, -0.2) is 0 Å². The smallest absolute Gasteiger partial charge is 0.302 e. The average molecular weight is 345 g/mol. The van der Waals surface area contributed by atoms with Gasteiger partial charge in [0.2, 0.25) is 0 Å². The highest BCUT2D eigenvalue weighted by Gasteiger charge is 2.65. The van der Waals surface area contributed by atoms with Gasteiger partial charge in [0.05, 0.1) is 11.6 Å². The lowest BCUT2D eigenvalue weighted by Gasteiger charge is -2.56. The summed E-state index contributed by atoms with van der Waals surface area (Å²) in [6.45, 7) is 3.96. The fraction of sp³-hybridized carbons (Fsp3) is 0.857. The van der Waals surface area contributed by atoms with E-state index in [1.54, 1.807) is 6.92 Å². The van der Waals surface area contributed by atoms with Crippen molar-refractivity contribution in [2.75, 3.05) is 7.05 Å². The Hall–Kier alpha value is -0.870. The Morgan fingerprint density at radius 3 is 2.80 bits per heavy atom. The van der Waals surface area contributed by atoms with Gasteiger partial charge in [-0.1, -0.05) is 19.1 Å². The molecule has 0 aromatic rings. The lowest BCUT2D eigenvalue weighted by molar-refractivity contribution is -0.160. The second kappa shape index (κ2) is 5.32. The van der Waals surface area contributed by atoms with Crippen molar-refractivity contribution in [3.05, 3.63) is 12.2 Å². The van der Waals surface area contributed by atoms with Gasteiger partial charge >= 0.3 is 5.97 Å². The lowest BCUT2D eigenvalue weighted by Crippen LogP contribution is -2.57. The summed E-state index contributed by atoms with van der Waals surface area (Å²) >= 11 is 0. The molecule has 4 fully saturated rings. The monoisotopic (exact) mass is 345 g/mol. The van der Waals surface area contributed by atoms with Gasteiger partial charge in [-0.05, 0) is 62.7 Å². The normalized spacial score (nSPS) is 53.9. The summed E-state index contributed by atoms with van der Waals surface area (Å²) in [7, 11) is 2.14. The van der Waals surface area contributed by atoms with E-state index < -0.39 is 0 Å². The van der Waals surface area contributed by atoms with Crippen LogP contribution in [0.25, 0.3) is 0 Å². The van der Waals surface area contributed by atoms with Crippen LogP contribution in [0.3, 0.4) is 0 Å². The van der Waals surface area contributed by atoms with E-state index in [0.717, 1.165) is 24.7 Å². The summed E-state index contributed by atoms with van der Waals surface area (Å²) in [5.41, 5.74) is 0.333. The van der Waals surface area contributed by atoms with Crippen LogP contribution in [0.15, 0.2) is 12.2 Å². The summed E-state index contributed by atoms with van der Waals surface area (Å²) < 4.78 is 5.76. The molecule has 1 saturated heterocycles. The molecule has 0 unspecified atom stereocenters. The topological polar surface area (TPSA) is 38.8 Å². The molecule has 5 aliphatic rings. The first-order valence-corrected chi connectivity index (χ1v) is 10.2. The Morgan fingerprint density at radius 2 is 2.00 bits per heavy atom. The SMILES string of the molecule is CC(=O)O[C@H]1CC[C@H]2[C@@H]3CC[C@@]45C=CC[C@@H](ON4C)[C@@H]5[C@H]3CC[C@]12C. The minimum absolute atomic E-state index is 0.109. The molecule has 1 aliphatic heterocycles. The van der Waals surface area contributed by atoms with Gasteiger partial charge in [-0.3, -0.25) is 9.63 Å². The van der Waals surface area contributed by atoms with Crippen LogP contribution in [0.5, 0.6) is 0 Å². The van der Waals surface area contributed by atoms with Crippen LogP contribution < -0.4 is 0 Å². The van der Waals surface area contributed by atoms with E-state index in [4.69, 9.17) is 9.57 Å². The first-order chi connectivity index (χ1) is 12.0. The molecule has 3 saturated carbocycles. The Balaban J connectivity index is 1.45. The fourth-order valence-corrected chi connectivity index (χ4v) is 7.69. The molecule has 1 heterocycles. The number of ether oxygens (including phenoxy) is 1. The Labute approximate surface area is 150 Å². The number of likely N-dealkylation sites (N-methyl/N-ethyl adjacent to an activating group) is 1. The zero-order valence-corrected chi connectivity index (χ0v) is 15.7. The van der Waals surface area contributed by atoms with Crippen molar-refractivity contribution in [2.45, 2.75) is 76.5 Å². The molecule has 8 atom stereocenters. The highest BCUT2D eigenvalue weighted by molar-refractivity contribution is 5.66. The van der Waals surface area contributed by atoms with Gasteiger partial charge in [-0.15, -0.1) is 0 Å². The van der Waals surface area contributed by atoms with E-state index in [1.807, 2.05) is 0 Å². The first-order valence-electron chi connectivity index (χ1n) is 10.2. The molecule has 4 aliphatic carbocycles. The third-order valence-electron chi connectivity index (χ3n) is 8.69. The minimum atomic E-state index is -0.109. The van der Waals surface area contributed by atoms with Gasteiger partial charge in [0.25, 0.3) is 0 Å². The number of hydroxylamine groups is 2. The van der Waals surface area contributed by atoms with Crippen molar-refractivity contribution >= 4 is 5.97 Å². The number of esters is 1. The van der Waals surface area contributed by atoms with Crippen molar-refractivity contribution in [2.24, 2.45) is 29.1 Å². The first kappa shape index (κ1) is 16.3. The Morgan fingerprint density at radius 1 is 1.20 bits per heavy atom. The molecule has 2 bridgehead atoms. The van der Waals surface area contributed by atoms with E-state index in [2.05, 4.69) is 31.2 Å². The van der Waals surface area contributed by atoms with Crippen molar-refractivity contribution in [1.82, 2.24) is 5.06 Å². The summed E-state index contributed by atoms with van der Waals surface area (Å²) in [4.78, 5) is 17.8. The molecule has 4 nitrogen and oxygen atoms in total. The van der Waals surface area contributed by atoms with Crippen LogP contribution in [0.1, 0.15) is 58.8 Å². The van der Waals surface area contributed by atoms with Crippen LogP contribution >= 0.6 is 0 Å². The van der Waals surface area contributed by atoms with E-state index in [9.17, 15) is 4.79 Å². The molecule has 0 aromatic heterocycles. The van der Waals surface area contributed by atoms with E-state index in [0.29, 0.717) is 17.9 Å². The van der Waals surface area contributed by atoms with Gasteiger partial charge < -0.3 is 4.74 Å². The quantitative estimate of drug-likeness (QED) is 0.536. The number of rotatable bonds is 1. The summed E-state index contributed by atoms with van der Waals surface area (Å²) in [6, 6.07) is 0. The van der Waals surface area contributed by atoms with E-state index >= 15 is 0 Å². The summed E-state index contributed by atoms with van der Waals surface area (Å²) in [5.74, 6) is 2.80. The highest BCUT2D eigenvalue weighted by Crippen LogP contribution is 2.65. The molecule has 25 heavy (non-hydrogen) atoms. The molecular formula is C21H31NO3. The maximum Gasteiger partial charge on any atom is 0.302 e. The molecule has 0 amide bonds. The van der Waals surface area contributed by atoms with Crippen molar-refractivity contribution < 1.29 is 14.4 Å². The maximum absolute atomic E-state index is 11.6. The minimum Gasteiger partial charge on any atom is -0.462 e.